The van der Waals surface area contributed by atoms with E-state index in [1.165, 1.54) is 18.2 Å². The summed E-state index contributed by atoms with van der Waals surface area (Å²) in [6.45, 7) is 0. The first-order chi connectivity index (χ1) is 4.93. The van der Waals surface area contributed by atoms with Crippen LogP contribution in [-0.4, -0.2) is 15.0 Å². The fraction of sp³-hybridized carbons (Fsp3) is 0.500. The Morgan fingerprint density at radius 2 is 2.50 bits per heavy atom. The van der Waals surface area contributed by atoms with E-state index in [1.807, 2.05) is 11.3 Å². The van der Waals surface area contributed by atoms with Crippen molar-refractivity contribution in [3.8, 4) is 0 Å². The standard InChI is InChI=1S/C8H12SSe/c1-10-7-3-5-8-4-2-6-9-8/h2,4,6H,3,5,7H2,1H3. The molecule has 1 rings (SSSR count). The van der Waals surface area contributed by atoms with Gasteiger partial charge in [0.2, 0.25) is 0 Å². The van der Waals surface area contributed by atoms with E-state index >= 15 is 0 Å². The van der Waals surface area contributed by atoms with E-state index in [9.17, 15) is 0 Å². The van der Waals surface area contributed by atoms with Crippen LogP contribution in [0.5, 0.6) is 0 Å². The fourth-order valence-electron chi connectivity index (χ4n) is 0.846. The molecular formula is C8H12SSe. The molecule has 0 saturated heterocycles. The molecule has 0 aromatic carbocycles. The van der Waals surface area contributed by atoms with Gasteiger partial charge in [-0.3, -0.25) is 0 Å². The number of thiophene rings is 1. The summed E-state index contributed by atoms with van der Waals surface area (Å²) < 4.78 is 0. The molecule has 0 aliphatic rings. The minimum absolute atomic E-state index is 0.872. The second-order valence-corrected chi connectivity index (χ2v) is 5.28. The monoisotopic (exact) mass is 220 g/mol. The molecule has 0 radical (unpaired) electrons. The zero-order valence-electron chi connectivity index (χ0n) is 6.17. The first kappa shape index (κ1) is 8.32. The number of rotatable bonds is 4. The van der Waals surface area contributed by atoms with Crippen LogP contribution in [0.3, 0.4) is 0 Å². The molecule has 0 spiro atoms. The molecule has 2 heteroatoms. The van der Waals surface area contributed by atoms with Gasteiger partial charge in [0.15, 0.2) is 0 Å². The van der Waals surface area contributed by atoms with Crippen LogP contribution in [0.15, 0.2) is 17.5 Å². The summed E-state index contributed by atoms with van der Waals surface area (Å²) >= 11 is 2.75. The van der Waals surface area contributed by atoms with E-state index < -0.39 is 0 Å². The molecule has 1 aromatic heterocycles. The third kappa shape index (κ3) is 2.87. The van der Waals surface area contributed by atoms with Crippen LogP contribution in [0.4, 0.5) is 0 Å². The summed E-state index contributed by atoms with van der Waals surface area (Å²) in [5.74, 6) is 2.31. The Kier molecular flexibility index (Phi) is 4.12. The molecule has 0 fully saturated rings. The topological polar surface area (TPSA) is 0 Å². The minimum atomic E-state index is 0.872. The SMILES string of the molecule is C[Se]CCCc1cccs1. The molecule has 0 aliphatic heterocycles. The van der Waals surface area contributed by atoms with Crippen LogP contribution < -0.4 is 0 Å². The Balaban J connectivity index is 2.15. The van der Waals surface area contributed by atoms with Crippen molar-refractivity contribution in [2.75, 3.05) is 0 Å². The summed E-state index contributed by atoms with van der Waals surface area (Å²) in [6, 6.07) is 4.37. The van der Waals surface area contributed by atoms with Crippen molar-refractivity contribution in [2.45, 2.75) is 24.0 Å². The molecule has 10 heavy (non-hydrogen) atoms. The van der Waals surface area contributed by atoms with Crippen molar-refractivity contribution in [3.05, 3.63) is 22.4 Å². The van der Waals surface area contributed by atoms with Gasteiger partial charge in [0.05, 0.1) is 0 Å². The maximum atomic E-state index is 2.31. The van der Waals surface area contributed by atoms with Gasteiger partial charge in [-0.1, -0.05) is 0 Å². The molecule has 1 aromatic rings. The average molecular weight is 219 g/mol. The normalized spacial score (nSPS) is 10.1. The van der Waals surface area contributed by atoms with Crippen molar-refractivity contribution in [3.63, 3.8) is 0 Å². The summed E-state index contributed by atoms with van der Waals surface area (Å²) in [5.41, 5.74) is 0. The molecule has 0 aliphatic carbocycles. The summed E-state index contributed by atoms with van der Waals surface area (Å²) in [6.07, 6.45) is 2.68. The van der Waals surface area contributed by atoms with E-state index in [1.54, 1.807) is 4.88 Å². The average Bonchev–Trinajstić information content (AvgIpc) is 2.41. The molecular weight excluding hydrogens is 207 g/mol. The maximum absolute atomic E-state index is 2.31. The molecule has 1 heterocycles. The van der Waals surface area contributed by atoms with Gasteiger partial charge in [-0.05, 0) is 0 Å². The predicted octanol–water partition coefficient (Wildman–Crippen LogP) is 2.85. The van der Waals surface area contributed by atoms with Gasteiger partial charge in [0.25, 0.3) is 0 Å². The van der Waals surface area contributed by atoms with Gasteiger partial charge < -0.3 is 0 Å². The third-order valence-electron chi connectivity index (χ3n) is 1.35. The van der Waals surface area contributed by atoms with Crippen molar-refractivity contribution in [1.29, 1.82) is 0 Å². The Labute approximate surface area is 72.8 Å². The van der Waals surface area contributed by atoms with Crippen LogP contribution in [0.2, 0.25) is 11.1 Å². The number of hydrogen-bond acceptors (Lipinski definition) is 1. The molecule has 0 bridgehead atoms. The van der Waals surface area contributed by atoms with Gasteiger partial charge >= 0.3 is 72.7 Å². The Morgan fingerprint density at radius 3 is 3.10 bits per heavy atom. The Bertz CT molecular complexity index is 158. The van der Waals surface area contributed by atoms with Crippen LogP contribution >= 0.6 is 11.3 Å². The third-order valence-corrected chi connectivity index (χ3v) is 3.75. The summed E-state index contributed by atoms with van der Waals surface area (Å²) in [4.78, 5) is 1.55. The molecule has 56 valence electrons. The summed E-state index contributed by atoms with van der Waals surface area (Å²) in [5, 5.41) is 3.59. The molecule has 0 N–H and O–H groups in total. The number of hydrogen-bond donors (Lipinski definition) is 0. The second kappa shape index (κ2) is 4.95. The van der Waals surface area contributed by atoms with Crippen LogP contribution in [0.25, 0.3) is 0 Å². The molecule has 0 atom stereocenters. The van der Waals surface area contributed by atoms with E-state index in [0.717, 1.165) is 15.0 Å². The van der Waals surface area contributed by atoms with Crippen molar-refractivity contribution in [1.82, 2.24) is 0 Å². The van der Waals surface area contributed by atoms with E-state index in [0.29, 0.717) is 0 Å². The van der Waals surface area contributed by atoms with E-state index in [4.69, 9.17) is 0 Å². The van der Waals surface area contributed by atoms with Gasteiger partial charge in [0.1, 0.15) is 0 Å². The van der Waals surface area contributed by atoms with E-state index in [2.05, 4.69) is 23.3 Å². The Hall–Kier alpha value is 0.219. The number of aryl methyl sites for hydroxylation is 1. The van der Waals surface area contributed by atoms with E-state index in [-0.39, 0.29) is 0 Å². The van der Waals surface area contributed by atoms with Gasteiger partial charge in [-0.15, -0.1) is 0 Å². The second-order valence-electron chi connectivity index (χ2n) is 2.18. The molecule has 0 amide bonds. The fourth-order valence-corrected chi connectivity index (χ4v) is 2.51. The molecule has 0 saturated carbocycles. The first-order valence-electron chi connectivity index (χ1n) is 3.45. The van der Waals surface area contributed by atoms with Crippen LogP contribution in [0.1, 0.15) is 11.3 Å². The zero-order valence-corrected chi connectivity index (χ0v) is 8.70. The van der Waals surface area contributed by atoms with Crippen molar-refractivity contribution >= 4 is 26.3 Å². The van der Waals surface area contributed by atoms with Gasteiger partial charge in [-0.25, -0.2) is 0 Å². The molecule has 0 nitrogen and oxygen atoms in total. The predicted molar refractivity (Wildman–Crippen MR) is 49.1 cm³/mol. The summed E-state index contributed by atoms with van der Waals surface area (Å²) in [7, 11) is 0. The van der Waals surface area contributed by atoms with Gasteiger partial charge in [-0.2, -0.15) is 0 Å². The molecule has 0 unspecified atom stereocenters. The quantitative estimate of drug-likeness (QED) is 0.539. The van der Waals surface area contributed by atoms with Crippen molar-refractivity contribution < 1.29 is 0 Å². The van der Waals surface area contributed by atoms with Crippen LogP contribution in [-0.2, 0) is 6.42 Å². The zero-order chi connectivity index (χ0) is 7.23. The van der Waals surface area contributed by atoms with Gasteiger partial charge in [0, 0.05) is 0 Å². The van der Waals surface area contributed by atoms with Crippen molar-refractivity contribution in [2.24, 2.45) is 0 Å². The van der Waals surface area contributed by atoms with Crippen LogP contribution in [0, 0.1) is 0 Å². The first-order valence-corrected chi connectivity index (χ1v) is 7.25. The Morgan fingerprint density at radius 1 is 1.60 bits per heavy atom.